The molecule has 0 bridgehead atoms. The Kier molecular flexibility index (Phi) is 6.82. The van der Waals surface area contributed by atoms with Gasteiger partial charge in [-0.05, 0) is 53.3 Å². The van der Waals surface area contributed by atoms with Crippen LogP contribution in [0.2, 0.25) is 0 Å². The van der Waals surface area contributed by atoms with E-state index in [0.717, 1.165) is 10.5 Å². The maximum atomic E-state index is 12.8. The molecule has 0 aliphatic carbocycles. The number of urea groups is 1. The summed E-state index contributed by atoms with van der Waals surface area (Å²) in [6.45, 7) is 5.25. The third-order valence-electron chi connectivity index (χ3n) is 4.99. The molecule has 7 nitrogen and oxygen atoms in total. The van der Waals surface area contributed by atoms with Crippen molar-refractivity contribution in [2.75, 3.05) is 27.2 Å². The summed E-state index contributed by atoms with van der Waals surface area (Å²) in [6, 6.07) is 9.44. The van der Waals surface area contributed by atoms with E-state index in [1.54, 1.807) is 20.8 Å². The molecule has 1 aliphatic rings. The van der Waals surface area contributed by atoms with Crippen LogP contribution in [0.15, 0.2) is 30.3 Å². The lowest BCUT2D eigenvalue weighted by molar-refractivity contribution is -0.157. The summed E-state index contributed by atoms with van der Waals surface area (Å²) in [5, 5.41) is 2.78. The highest BCUT2D eigenvalue weighted by atomic mass is 16.6. The van der Waals surface area contributed by atoms with Gasteiger partial charge in [0.15, 0.2) is 0 Å². The topological polar surface area (TPSA) is 79.0 Å². The first-order valence-corrected chi connectivity index (χ1v) is 9.58. The molecule has 0 unspecified atom stereocenters. The van der Waals surface area contributed by atoms with Gasteiger partial charge < -0.3 is 10.1 Å². The smallest absolute Gasteiger partial charge is 0.326 e. The molecule has 1 saturated heterocycles. The van der Waals surface area contributed by atoms with Crippen LogP contribution < -0.4 is 5.32 Å². The Bertz CT molecular complexity index is 712. The summed E-state index contributed by atoms with van der Waals surface area (Å²) in [6.07, 6.45) is 1.36. The fraction of sp³-hybridized carbons (Fsp3) is 0.571. The minimum atomic E-state index is -0.677. The second-order valence-electron chi connectivity index (χ2n) is 8.34. The number of amides is 3. The van der Waals surface area contributed by atoms with Gasteiger partial charge in [0, 0.05) is 18.5 Å². The summed E-state index contributed by atoms with van der Waals surface area (Å²) in [7, 11) is 3.96. The van der Waals surface area contributed by atoms with Crippen molar-refractivity contribution in [2.45, 2.75) is 51.2 Å². The second kappa shape index (κ2) is 8.73. The van der Waals surface area contributed by atoms with Gasteiger partial charge in [-0.2, -0.15) is 0 Å². The number of nitrogens with one attached hydrogen (secondary N) is 1. The van der Waals surface area contributed by atoms with E-state index >= 15 is 0 Å². The van der Waals surface area contributed by atoms with Crippen molar-refractivity contribution < 1.29 is 19.1 Å². The molecule has 1 fully saturated rings. The quantitative estimate of drug-likeness (QED) is 0.801. The molecule has 7 heteroatoms. The van der Waals surface area contributed by atoms with Gasteiger partial charge in [0.1, 0.15) is 12.1 Å². The van der Waals surface area contributed by atoms with Crippen LogP contribution in [0.25, 0.3) is 0 Å². The van der Waals surface area contributed by atoms with Crippen molar-refractivity contribution in [1.82, 2.24) is 15.1 Å². The average molecular weight is 389 g/mol. The van der Waals surface area contributed by atoms with E-state index < -0.39 is 17.6 Å². The van der Waals surface area contributed by atoms with Gasteiger partial charge in [-0.15, -0.1) is 0 Å². The number of nitrogens with zero attached hydrogens (tertiary/aromatic N) is 2. The number of ether oxygens (including phenoxy) is 1. The van der Waals surface area contributed by atoms with Crippen LogP contribution in [0.4, 0.5) is 4.79 Å². The Morgan fingerprint density at radius 3 is 2.39 bits per heavy atom. The Hall–Kier alpha value is -2.41. The van der Waals surface area contributed by atoms with Gasteiger partial charge in [0.05, 0.1) is 0 Å². The lowest BCUT2D eigenvalue weighted by atomic mass is 9.81. The standard InChI is InChI=1S/C21H31N3O4/c1-20(2,3)28-18(26)15-24-17(25)11-12-21(23(4)5,13-14-22-19(24)27)16-9-7-6-8-10-16/h6-10H,11-15H2,1-5H3,(H,22,27)/t21-/m0/s1. The Balaban J connectivity index is 2.23. The third-order valence-corrected chi connectivity index (χ3v) is 4.99. The third kappa shape index (κ3) is 5.32. The summed E-state index contributed by atoms with van der Waals surface area (Å²) in [4.78, 5) is 40.6. The number of carbonyl (C=O) groups excluding carboxylic acids is 3. The molecule has 1 aromatic rings. The molecule has 1 atom stereocenters. The van der Waals surface area contributed by atoms with E-state index in [1.807, 2.05) is 44.4 Å². The molecular formula is C21H31N3O4. The normalized spacial score (nSPS) is 21.6. The molecule has 0 radical (unpaired) electrons. The molecule has 1 aromatic carbocycles. The number of rotatable bonds is 4. The second-order valence-corrected chi connectivity index (χ2v) is 8.34. The van der Waals surface area contributed by atoms with Crippen molar-refractivity contribution >= 4 is 17.9 Å². The number of hydrogen-bond acceptors (Lipinski definition) is 5. The SMILES string of the molecule is CN(C)[C@]1(c2ccccc2)CCNC(=O)N(CC(=O)OC(C)(C)C)C(=O)CC1. The molecule has 0 spiro atoms. The van der Waals surface area contributed by atoms with Crippen LogP contribution in [0, 0.1) is 0 Å². The van der Waals surface area contributed by atoms with E-state index in [1.165, 1.54) is 0 Å². The highest BCUT2D eigenvalue weighted by Gasteiger charge is 2.38. The van der Waals surface area contributed by atoms with Gasteiger partial charge in [0.2, 0.25) is 5.91 Å². The molecule has 1 aliphatic heterocycles. The van der Waals surface area contributed by atoms with E-state index in [2.05, 4.69) is 10.2 Å². The van der Waals surface area contributed by atoms with E-state index in [4.69, 9.17) is 4.74 Å². The summed E-state index contributed by atoms with van der Waals surface area (Å²) >= 11 is 0. The Morgan fingerprint density at radius 2 is 1.82 bits per heavy atom. The lowest BCUT2D eigenvalue weighted by Gasteiger charge is -2.40. The summed E-state index contributed by atoms with van der Waals surface area (Å²) < 4.78 is 5.27. The molecule has 0 saturated carbocycles. The number of hydrogen-bond donors (Lipinski definition) is 1. The molecule has 3 amide bonds. The van der Waals surface area contributed by atoms with Crippen molar-refractivity contribution in [3.05, 3.63) is 35.9 Å². The summed E-state index contributed by atoms with van der Waals surface area (Å²) in [5.41, 5.74) is 0.0399. The fourth-order valence-corrected chi connectivity index (χ4v) is 3.56. The summed E-state index contributed by atoms with van der Waals surface area (Å²) in [5.74, 6) is -0.982. The molecule has 28 heavy (non-hydrogen) atoms. The molecular weight excluding hydrogens is 358 g/mol. The Labute approximate surface area is 167 Å². The molecule has 154 valence electrons. The number of carbonyl (C=O) groups is 3. The van der Waals surface area contributed by atoms with Gasteiger partial charge in [-0.1, -0.05) is 30.3 Å². The zero-order valence-corrected chi connectivity index (χ0v) is 17.4. The van der Waals surface area contributed by atoms with Gasteiger partial charge in [0.25, 0.3) is 0 Å². The molecule has 0 aromatic heterocycles. The van der Waals surface area contributed by atoms with Crippen LogP contribution in [-0.2, 0) is 19.9 Å². The highest BCUT2D eigenvalue weighted by molar-refractivity contribution is 5.97. The largest absolute Gasteiger partial charge is 0.459 e. The van der Waals surface area contributed by atoms with Crippen molar-refractivity contribution in [3.63, 3.8) is 0 Å². The van der Waals surface area contributed by atoms with Crippen LogP contribution in [-0.4, -0.2) is 60.5 Å². The zero-order chi connectivity index (χ0) is 20.9. The molecule has 1 heterocycles. The zero-order valence-electron chi connectivity index (χ0n) is 17.4. The van der Waals surface area contributed by atoms with Crippen molar-refractivity contribution in [2.24, 2.45) is 0 Å². The number of benzene rings is 1. The lowest BCUT2D eigenvalue weighted by Crippen LogP contribution is -2.47. The van der Waals surface area contributed by atoms with Crippen LogP contribution in [0.5, 0.6) is 0 Å². The first kappa shape index (κ1) is 21.9. The predicted octanol–water partition coefficient (Wildman–Crippen LogP) is 2.51. The first-order valence-electron chi connectivity index (χ1n) is 9.58. The number of imide groups is 1. The van der Waals surface area contributed by atoms with Crippen molar-refractivity contribution in [3.8, 4) is 0 Å². The molecule has 2 rings (SSSR count). The predicted molar refractivity (Wildman–Crippen MR) is 107 cm³/mol. The Morgan fingerprint density at radius 1 is 1.18 bits per heavy atom. The minimum Gasteiger partial charge on any atom is -0.459 e. The van der Waals surface area contributed by atoms with Gasteiger partial charge >= 0.3 is 12.0 Å². The molecule has 1 N–H and O–H groups in total. The van der Waals surface area contributed by atoms with Crippen LogP contribution in [0.1, 0.15) is 45.6 Å². The fourth-order valence-electron chi connectivity index (χ4n) is 3.56. The van der Waals surface area contributed by atoms with Gasteiger partial charge in [-0.25, -0.2) is 4.79 Å². The minimum absolute atomic E-state index is 0.156. The van der Waals surface area contributed by atoms with Crippen LogP contribution in [0.3, 0.4) is 0 Å². The van der Waals surface area contributed by atoms with Crippen LogP contribution >= 0.6 is 0 Å². The maximum Gasteiger partial charge on any atom is 0.326 e. The number of esters is 1. The average Bonchev–Trinajstić information content (AvgIpc) is 2.66. The van der Waals surface area contributed by atoms with Gasteiger partial charge in [-0.3, -0.25) is 19.4 Å². The first-order chi connectivity index (χ1) is 13.0. The maximum absolute atomic E-state index is 12.8. The van der Waals surface area contributed by atoms with E-state index in [0.29, 0.717) is 19.4 Å². The van der Waals surface area contributed by atoms with Crippen molar-refractivity contribution in [1.29, 1.82) is 0 Å². The van der Waals surface area contributed by atoms with E-state index in [9.17, 15) is 14.4 Å². The van der Waals surface area contributed by atoms with E-state index in [-0.39, 0.29) is 24.4 Å². The monoisotopic (exact) mass is 389 g/mol. The highest BCUT2D eigenvalue weighted by Crippen LogP contribution is 2.35.